The molecule has 0 aromatic carbocycles. The molecule has 0 amide bonds. The highest BCUT2D eigenvalue weighted by Crippen LogP contribution is 2.33. The SMILES string of the molecule is CC(C)(N)CCc1csc(-c2ccc(Br)s2)n1. The molecule has 0 saturated carbocycles. The van der Waals surface area contributed by atoms with Gasteiger partial charge in [0.05, 0.1) is 14.4 Å². The number of rotatable bonds is 4. The van der Waals surface area contributed by atoms with E-state index in [4.69, 9.17) is 5.73 Å². The van der Waals surface area contributed by atoms with E-state index in [1.165, 1.54) is 4.88 Å². The van der Waals surface area contributed by atoms with E-state index in [2.05, 4.69) is 52.3 Å². The largest absolute Gasteiger partial charge is 0.326 e. The number of hydrogen-bond acceptors (Lipinski definition) is 4. The van der Waals surface area contributed by atoms with Crippen molar-refractivity contribution in [3.63, 3.8) is 0 Å². The highest BCUT2D eigenvalue weighted by atomic mass is 79.9. The predicted molar refractivity (Wildman–Crippen MR) is 79.7 cm³/mol. The van der Waals surface area contributed by atoms with Crippen LogP contribution >= 0.6 is 38.6 Å². The number of aromatic nitrogens is 1. The Balaban J connectivity index is 2.06. The average molecular weight is 331 g/mol. The number of nitrogens with two attached hydrogens (primary N) is 1. The Kier molecular flexibility index (Phi) is 4.02. The molecule has 0 unspecified atom stereocenters. The van der Waals surface area contributed by atoms with Crippen LogP contribution in [0.15, 0.2) is 21.3 Å². The molecule has 92 valence electrons. The molecule has 2 heterocycles. The molecule has 0 spiro atoms. The van der Waals surface area contributed by atoms with Crippen molar-refractivity contribution in [3.8, 4) is 9.88 Å². The number of hydrogen-bond donors (Lipinski definition) is 1. The van der Waals surface area contributed by atoms with Gasteiger partial charge in [0.2, 0.25) is 0 Å². The van der Waals surface area contributed by atoms with Crippen LogP contribution in [0.1, 0.15) is 26.0 Å². The molecule has 0 aliphatic heterocycles. The molecule has 0 fully saturated rings. The average Bonchev–Trinajstić information content (AvgIpc) is 2.81. The van der Waals surface area contributed by atoms with E-state index in [-0.39, 0.29) is 5.54 Å². The second-order valence-corrected chi connectivity index (χ2v) is 8.06. The molecule has 2 N–H and O–H groups in total. The number of thiophene rings is 1. The number of nitrogens with zero attached hydrogens (tertiary/aromatic N) is 1. The minimum absolute atomic E-state index is 0.115. The first-order valence-electron chi connectivity index (χ1n) is 5.43. The van der Waals surface area contributed by atoms with Gasteiger partial charge < -0.3 is 5.73 Å². The zero-order valence-corrected chi connectivity index (χ0v) is 13.1. The summed E-state index contributed by atoms with van der Waals surface area (Å²) in [5, 5.41) is 3.24. The summed E-state index contributed by atoms with van der Waals surface area (Å²) >= 11 is 6.89. The van der Waals surface area contributed by atoms with Crippen LogP contribution in [0, 0.1) is 0 Å². The molecule has 2 aromatic heterocycles. The molecule has 0 aliphatic carbocycles. The molecule has 2 nitrogen and oxygen atoms in total. The highest BCUT2D eigenvalue weighted by Gasteiger charge is 2.12. The maximum absolute atomic E-state index is 5.98. The van der Waals surface area contributed by atoms with Gasteiger partial charge in [0.25, 0.3) is 0 Å². The zero-order valence-electron chi connectivity index (χ0n) is 9.87. The van der Waals surface area contributed by atoms with E-state index in [1.807, 2.05) is 0 Å². The summed E-state index contributed by atoms with van der Waals surface area (Å²) in [4.78, 5) is 5.87. The van der Waals surface area contributed by atoms with Crippen LogP contribution in [0.3, 0.4) is 0 Å². The second-order valence-electron chi connectivity index (χ2n) is 4.74. The van der Waals surface area contributed by atoms with Gasteiger partial charge in [-0.1, -0.05) is 0 Å². The Bertz CT molecular complexity index is 497. The van der Waals surface area contributed by atoms with E-state index in [0.717, 1.165) is 27.3 Å². The van der Waals surface area contributed by atoms with Gasteiger partial charge in [0.1, 0.15) is 5.01 Å². The molecule has 2 rings (SSSR count). The van der Waals surface area contributed by atoms with Gasteiger partial charge in [0.15, 0.2) is 0 Å². The lowest BCUT2D eigenvalue weighted by Crippen LogP contribution is -2.32. The zero-order chi connectivity index (χ0) is 12.5. The number of thiazole rings is 1. The fraction of sp³-hybridized carbons (Fsp3) is 0.417. The normalized spacial score (nSPS) is 12.0. The third-order valence-electron chi connectivity index (χ3n) is 2.36. The van der Waals surface area contributed by atoms with Gasteiger partial charge in [-0.05, 0) is 54.8 Å². The van der Waals surface area contributed by atoms with Crippen molar-refractivity contribution < 1.29 is 0 Å². The molecule has 0 saturated heterocycles. The first kappa shape index (κ1) is 13.2. The maximum atomic E-state index is 5.98. The summed E-state index contributed by atoms with van der Waals surface area (Å²) < 4.78 is 1.15. The third kappa shape index (κ3) is 3.88. The summed E-state index contributed by atoms with van der Waals surface area (Å²) in [6.45, 7) is 4.10. The van der Waals surface area contributed by atoms with Crippen molar-refractivity contribution in [1.29, 1.82) is 0 Å². The van der Waals surface area contributed by atoms with E-state index in [9.17, 15) is 0 Å². The molecule has 0 atom stereocenters. The van der Waals surface area contributed by atoms with Crippen molar-refractivity contribution in [3.05, 3.63) is 27.0 Å². The second kappa shape index (κ2) is 5.18. The summed E-state index contributed by atoms with van der Waals surface area (Å²) in [5.41, 5.74) is 7.01. The minimum atomic E-state index is -0.115. The lowest BCUT2D eigenvalue weighted by atomic mass is 9.99. The van der Waals surface area contributed by atoms with Crippen LogP contribution in [0.4, 0.5) is 0 Å². The first-order valence-corrected chi connectivity index (χ1v) is 7.92. The van der Waals surface area contributed by atoms with Crippen molar-refractivity contribution in [2.45, 2.75) is 32.2 Å². The monoisotopic (exact) mass is 330 g/mol. The van der Waals surface area contributed by atoms with Gasteiger partial charge in [-0.2, -0.15) is 0 Å². The van der Waals surface area contributed by atoms with E-state index in [0.29, 0.717) is 0 Å². The topological polar surface area (TPSA) is 38.9 Å². The van der Waals surface area contributed by atoms with Gasteiger partial charge in [-0.25, -0.2) is 4.98 Å². The molecular formula is C12H15BrN2S2. The lowest BCUT2D eigenvalue weighted by Gasteiger charge is -2.16. The van der Waals surface area contributed by atoms with Crippen molar-refractivity contribution in [2.24, 2.45) is 5.73 Å². The fourth-order valence-corrected chi connectivity index (χ4v) is 3.73. The van der Waals surface area contributed by atoms with Crippen LogP contribution in [0.5, 0.6) is 0 Å². The Morgan fingerprint density at radius 1 is 1.41 bits per heavy atom. The molecule has 2 aromatic rings. The lowest BCUT2D eigenvalue weighted by molar-refractivity contribution is 0.475. The molecule has 0 radical (unpaired) electrons. The first-order chi connectivity index (χ1) is 7.94. The van der Waals surface area contributed by atoms with Gasteiger partial charge in [-0.15, -0.1) is 22.7 Å². The summed E-state index contributed by atoms with van der Waals surface area (Å²) in [6, 6.07) is 4.16. The van der Waals surface area contributed by atoms with Crippen LogP contribution in [0.2, 0.25) is 0 Å². The quantitative estimate of drug-likeness (QED) is 0.907. The van der Waals surface area contributed by atoms with Crippen LogP contribution in [-0.4, -0.2) is 10.5 Å². The number of halogens is 1. The Morgan fingerprint density at radius 3 is 2.76 bits per heavy atom. The molecule has 5 heteroatoms. The summed E-state index contributed by atoms with van der Waals surface area (Å²) in [6.07, 6.45) is 1.91. The van der Waals surface area contributed by atoms with Gasteiger partial charge >= 0.3 is 0 Å². The van der Waals surface area contributed by atoms with Crippen LogP contribution < -0.4 is 5.73 Å². The molecule has 17 heavy (non-hydrogen) atoms. The van der Waals surface area contributed by atoms with E-state index < -0.39 is 0 Å². The fourth-order valence-electron chi connectivity index (χ4n) is 1.41. The number of aryl methyl sites for hydroxylation is 1. The molecular weight excluding hydrogens is 316 g/mol. The van der Waals surface area contributed by atoms with Gasteiger partial charge in [0, 0.05) is 10.9 Å². The maximum Gasteiger partial charge on any atom is 0.133 e. The van der Waals surface area contributed by atoms with Crippen LogP contribution in [-0.2, 0) is 6.42 Å². The standard InChI is InChI=1S/C12H15BrN2S2/c1-12(2,14)6-5-8-7-16-11(15-8)9-3-4-10(13)17-9/h3-4,7H,5-6,14H2,1-2H3. The van der Waals surface area contributed by atoms with Gasteiger partial charge in [-0.3, -0.25) is 0 Å². The van der Waals surface area contributed by atoms with E-state index >= 15 is 0 Å². The van der Waals surface area contributed by atoms with Crippen molar-refractivity contribution in [1.82, 2.24) is 4.98 Å². The van der Waals surface area contributed by atoms with Crippen LogP contribution in [0.25, 0.3) is 9.88 Å². The molecule has 0 aliphatic rings. The van der Waals surface area contributed by atoms with Crippen molar-refractivity contribution >= 4 is 38.6 Å². The predicted octanol–water partition coefficient (Wildman–Crippen LogP) is 4.30. The Morgan fingerprint density at radius 2 is 2.18 bits per heavy atom. The smallest absolute Gasteiger partial charge is 0.133 e. The Hall–Kier alpha value is -0.230. The highest BCUT2D eigenvalue weighted by molar-refractivity contribution is 9.11. The molecule has 0 bridgehead atoms. The Labute approximate surface area is 118 Å². The summed E-state index contributed by atoms with van der Waals surface area (Å²) in [7, 11) is 0. The van der Waals surface area contributed by atoms with Crippen molar-refractivity contribution in [2.75, 3.05) is 0 Å². The summed E-state index contributed by atoms with van der Waals surface area (Å²) in [5.74, 6) is 0. The van der Waals surface area contributed by atoms with E-state index in [1.54, 1.807) is 22.7 Å². The minimum Gasteiger partial charge on any atom is -0.326 e. The third-order valence-corrected chi connectivity index (χ3v) is 5.05.